The van der Waals surface area contributed by atoms with Gasteiger partial charge in [0.15, 0.2) is 0 Å². The molecule has 1 saturated heterocycles. The van der Waals surface area contributed by atoms with E-state index in [2.05, 4.69) is 10.3 Å². The lowest BCUT2D eigenvalue weighted by Gasteiger charge is -2.33. The van der Waals surface area contributed by atoms with Crippen LogP contribution in [0.3, 0.4) is 0 Å². The molecule has 0 aromatic carbocycles. The van der Waals surface area contributed by atoms with Crippen molar-refractivity contribution in [3.8, 4) is 0 Å². The summed E-state index contributed by atoms with van der Waals surface area (Å²) in [5.41, 5.74) is 6.10. The third-order valence-electron chi connectivity index (χ3n) is 3.58. The van der Waals surface area contributed by atoms with Crippen molar-refractivity contribution in [2.24, 2.45) is 11.7 Å². The van der Waals surface area contributed by atoms with E-state index < -0.39 is 18.9 Å². The number of alkyl halides is 2. The Hall–Kier alpha value is -2.25. The Kier molecular flexibility index (Phi) is 5.24. The highest BCUT2D eigenvalue weighted by Crippen LogP contribution is 2.23. The lowest BCUT2D eigenvalue weighted by atomic mass is 9.96. The minimum atomic E-state index is -2.55. The summed E-state index contributed by atoms with van der Waals surface area (Å²) in [6, 6.07) is 3.30. The van der Waals surface area contributed by atoms with Crippen molar-refractivity contribution in [3.63, 3.8) is 0 Å². The Labute approximate surface area is 126 Å². The van der Waals surface area contributed by atoms with Crippen molar-refractivity contribution in [1.82, 2.24) is 10.3 Å². The number of nitrogens with zero attached hydrogens (tertiary/aromatic N) is 2. The second kappa shape index (κ2) is 7.15. The highest BCUT2D eigenvalue weighted by atomic mass is 19.3. The first-order valence-electron chi connectivity index (χ1n) is 7.04. The molecule has 1 aliphatic heterocycles. The van der Waals surface area contributed by atoms with Gasteiger partial charge < -0.3 is 16.0 Å². The van der Waals surface area contributed by atoms with Crippen LogP contribution in [-0.2, 0) is 4.79 Å². The maximum Gasteiger partial charge on any atom is 0.267 e. The molecule has 0 saturated carbocycles. The lowest BCUT2D eigenvalue weighted by Crippen LogP contribution is -2.44. The largest absolute Gasteiger partial charge is 0.371 e. The summed E-state index contributed by atoms with van der Waals surface area (Å²) in [5.74, 6) is -1.34. The number of anilines is 1. The average Bonchev–Trinajstić information content (AvgIpc) is 2.52. The standard InChI is InChI=1S/C14H18F2N4O2/c15-12(16)7-19-14(22)9-2-1-5-20(8-9)10-3-4-18-11(6-10)13(17)21/h3-4,6,9,12H,1-2,5,7-8H2,(H2,17,21)(H,19,22). The normalized spacial score (nSPS) is 18.3. The second-order valence-corrected chi connectivity index (χ2v) is 5.18. The van der Waals surface area contributed by atoms with Crippen molar-refractivity contribution in [1.29, 1.82) is 0 Å². The number of pyridine rings is 1. The first-order chi connectivity index (χ1) is 10.5. The number of halogens is 2. The second-order valence-electron chi connectivity index (χ2n) is 5.18. The van der Waals surface area contributed by atoms with Gasteiger partial charge in [0.25, 0.3) is 12.3 Å². The van der Waals surface area contributed by atoms with Crippen LogP contribution in [0.4, 0.5) is 14.5 Å². The zero-order valence-corrected chi connectivity index (χ0v) is 12.0. The van der Waals surface area contributed by atoms with Gasteiger partial charge in [0.1, 0.15) is 5.69 Å². The van der Waals surface area contributed by atoms with Crippen LogP contribution in [0.5, 0.6) is 0 Å². The van der Waals surface area contributed by atoms with E-state index in [1.54, 1.807) is 12.1 Å². The first-order valence-corrected chi connectivity index (χ1v) is 7.04. The van der Waals surface area contributed by atoms with Crippen molar-refractivity contribution in [2.45, 2.75) is 19.3 Å². The number of rotatable bonds is 5. The molecule has 2 rings (SSSR count). The van der Waals surface area contributed by atoms with E-state index in [1.165, 1.54) is 6.20 Å². The van der Waals surface area contributed by atoms with Gasteiger partial charge in [-0.1, -0.05) is 0 Å². The van der Waals surface area contributed by atoms with E-state index in [1.807, 2.05) is 4.90 Å². The van der Waals surface area contributed by atoms with Crippen LogP contribution in [0.25, 0.3) is 0 Å². The SMILES string of the molecule is NC(=O)c1cc(N2CCCC(C(=O)NCC(F)F)C2)ccn1. The van der Waals surface area contributed by atoms with Gasteiger partial charge in [-0.05, 0) is 25.0 Å². The zero-order valence-electron chi connectivity index (χ0n) is 12.0. The van der Waals surface area contributed by atoms with E-state index >= 15 is 0 Å². The van der Waals surface area contributed by atoms with Gasteiger partial charge in [0.05, 0.1) is 12.5 Å². The molecule has 1 aromatic rings. The molecule has 0 radical (unpaired) electrons. The van der Waals surface area contributed by atoms with E-state index in [4.69, 9.17) is 5.73 Å². The van der Waals surface area contributed by atoms with Gasteiger partial charge >= 0.3 is 0 Å². The molecule has 1 atom stereocenters. The number of nitrogens with one attached hydrogen (secondary N) is 1. The fourth-order valence-electron chi connectivity index (χ4n) is 2.50. The molecule has 22 heavy (non-hydrogen) atoms. The minimum absolute atomic E-state index is 0.154. The molecule has 8 heteroatoms. The van der Waals surface area contributed by atoms with Crippen molar-refractivity contribution < 1.29 is 18.4 Å². The van der Waals surface area contributed by atoms with Gasteiger partial charge in [-0.3, -0.25) is 14.6 Å². The Morgan fingerprint density at radius 3 is 2.95 bits per heavy atom. The topological polar surface area (TPSA) is 88.3 Å². The molecule has 6 nitrogen and oxygen atoms in total. The lowest BCUT2D eigenvalue weighted by molar-refractivity contribution is -0.125. The van der Waals surface area contributed by atoms with Crippen LogP contribution in [0.15, 0.2) is 18.3 Å². The van der Waals surface area contributed by atoms with Crippen molar-refractivity contribution in [2.75, 3.05) is 24.5 Å². The summed E-state index contributed by atoms with van der Waals surface area (Å²) in [4.78, 5) is 28.9. The summed E-state index contributed by atoms with van der Waals surface area (Å²) in [6.07, 6.45) is 0.345. The van der Waals surface area contributed by atoms with Crippen LogP contribution in [0, 0.1) is 5.92 Å². The predicted molar refractivity (Wildman–Crippen MR) is 76.7 cm³/mol. The Morgan fingerprint density at radius 1 is 1.50 bits per heavy atom. The van der Waals surface area contributed by atoms with Crippen LogP contribution in [0.2, 0.25) is 0 Å². The smallest absolute Gasteiger partial charge is 0.267 e. The summed E-state index contributed by atoms with van der Waals surface area (Å²) in [5, 5.41) is 2.25. The number of amides is 2. The number of nitrogens with two attached hydrogens (primary N) is 1. The number of primary amides is 1. The monoisotopic (exact) mass is 312 g/mol. The highest BCUT2D eigenvalue weighted by molar-refractivity contribution is 5.91. The Morgan fingerprint density at radius 2 is 2.27 bits per heavy atom. The molecule has 1 aliphatic rings. The summed E-state index contributed by atoms with van der Waals surface area (Å²) in [7, 11) is 0. The average molecular weight is 312 g/mol. The molecule has 1 unspecified atom stereocenters. The molecular weight excluding hydrogens is 294 g/mol. The maximum absolute atomic E-state index is 12.1. The molecule has 0 bridgehead atoms. The fourth-order valence-corrected chi connectivity index (χ4v) is 2.50. The number of hydrogen-bond donors (Lipinski definition) is 2. The minimum Gasteiger partial charge on any atom is -0.371 e. The number of piperidine rings is 1. The first kappa shape index (κ1) is 16.1. The van der Waals surface area contributed by atoms with Gasteiger partial charge in [0.2, 0.25) is 5.91 Å². The number of hydrogen-bond acceptors (Lipinski definition) is 4. The fraction of sp³-hybridized carbons (Fsp3) is 0.500. The van der Waals surface area contributed by atoms with Crippen LogP contribution >= 0.6 is 0 Å². The van der Waals surface area contributed by atoms with Crippen LogP contribution in [0.1, 0.15) is 23.3 Å². The molecular formula is C14H18F2N4O2. The van der Waals surface area contributed by atoms with Gasteiger partial charge in [-0.2, -0.15) is 0 Å². The number of carbonyl (C=O) groups excluding carboxylic acids is 2. The molecule has 2 amide bonds. The van der Waals surface area contributed by atoms with Crippen LogP contribution in [-0.4, -0.2) is 42.9 Å². The number of aromatic nitrogens is 1. The zero-order chi connectivity index (χ0) is 16.1. The Bertz CT molecular complexity index is 553. The predicted octanol–water partition coefficient (Wildman–Crippen LogP) is 0.778. The molecule has 1 aromatic heterocycles. The summed E-state index contributed by atoms with van der Waals surface area (Å²) < 4.78 is 24.3. The third kappa shape index (κ3) is 4.12. The molecule has 120 valence electrons. The van der Waals surface area contributed by atoms with E-state index in [-0.39, 0.29) is 17.5 Å². The van der Waals surface area contributed by atoms with Crippen LogP contribution < -0.4 is 16.0 Å². The van der Waals surface area contributed by atoms with Crippen molar-refractivity contribution >= 4 is 17.5 Å². The number of carbonyl (C=O) groups is 2. The van der Waals surface area contributed by atoms with Gasteiger partial charge in [-0.15, -0.1) is 0 Å². The third-order valence-corrected chi connectivity index (χ3v) is 3.58. The highest BCUT2D eigenvalue weighted by Gasteiger charge is 2.26. The van der Waals surface area contributed by atoms with Gasteiger partial charge in [-0.25, -0.2) is 8.78 Å². The summed E-state index contributed by atoms with van der Waals surface area (Å²) >= 11 is 0. The van der Waals surface area contributed by atoms with Crippen molar-refractivity contribution in [3.05, 3.63) is 24.0 Å². The van der Waals surface area contributed by atoms with Gasteiger partial charge in [0, 0.05) is 25.0 Å². The molecule has 3 N–H and O–H groups in total. The maximum atomic E-state index is 12.1. The van der Waals surface area contributed by atoms with E-state index in [0.717, 1.165) is 18.7 Å². The van der Waals surface area contributed by atoms with E-state index in [0.29, 0.717) is 13.0 Å². The molecule has 1 fully saturated rings. The molecule has 0 aliphatic carbocycles. The Balaban J connectivity index is 2.02. The quantitative estimate of drug-likeness (QED) is 0.841. The molecule has 0 spiro atoms. The molecule has 2 heterocycles. The van der Waals surface area contributed by atoms with E-state index in [9.17, 15) is 18.4 Å². The summed E-state index contributed by atoms with van der Waals surface area (Å²) in [6.45, 7) is 0.508.